The molecule has 0 unspecified atom stereocenters. The zero-order chi connectivity index (χ0) is 10.9. The van der Waals surface area contributed by atoms with E-state index in [0.717, 1.165) is 0 Å². The first kappa shape index (κ1) is 10.2. The van der Waals surface area contributed by atoms with Crippen LogP contribution in [-0.2, 0) is 14.4 Å². The number of carboxylic acids is 1. The summed E-state index contributed by atoms with van der Waals surface area (Å²) < 4.78 is 0. The lowest BCUT2D eigenvalue weighted by atomic mass is 10.5. The molecule has 1 aliphatic rings. The highest BCUT2D eigenvalue weighted by atomic mass is 16.4. The Morgan fingerprint density at radius 2 is 1.71 bits per heavy atom. The standard InChI is InChI=1S/C7H8N2O5/c1-2-8-5(12)6(13)9(7(8)14)3-4(10)11/h2-3H2,1H3,(H,10,11). The van der Waals surface area contributed by atoms with Gasteiger partial charge in [0.1, 0.15) is 6.54 Å². The first-order valence-corrected chi connectivity index (χ1v) is 3.88. The summed E-state index contributed by atoms with van der Waals surface area (Å²) in [5, 5.41) is 8.38. The number of imide groups is 2. The van der Waals surface area contributed by atoms with Gasteiger partial charge in [0.2, 0.25) is 0 Å². The Labute approximate surface area is 78.9 Å². The van der Waals surface area contributed by atoms with E-state index in [4.69, 9.17) is 5.11 Å². The second-order valence-electron chi connectivity index (χ2n) is 2.62. The molecule has 0 aromatic rings. The molecule has 4 amide bonds. The quantitative estimate of drug-likeness (QED) is 0.460. The molecular weight excluding hydrogens is 192 g/mol. The van der Waals surface area contributed by atoms with Crippen LogP contribution in [0.4, 0.5) is 4.79 Å². The third-order valence-corrected chi connectivity index (χ3v) is 1.74. The minimum absolute atomic E-state index is 0.0551. The molecule has 0 radical (unpaired) electrons. The molecule has 0 saturated carbocycles. The van der Waals surface area contributed by atoms with Gasteiger partial charge in [-0.05, 0) is 6.92 Å². The lowest BCUT2D eigenvalue weighted by Crippen LogP contribution is -2.36. The third-order valence-electron chi connectivity index (χ3n) is 1.74. The maximum absolute atomic E-state index is 11.2. The van der Waals surface area contributed by atoms with Crippen LogP contribution >= 0.6 is 0 Å². The average Bonchev–Trinajstić information content (AvgIpc) is 2.30. The van der Waals surface area contributed by atoms with E-state index >= 15 is 0 Å². The fourth-order valence-electron chi connectivity index (χ4n) is 1.10. The number of carbonyl (C=O) groups is 4. The molecule has 1 aliphatic heterocycles. The minimum Gasteiger partial charge on any atom is -0.480 e. The Bertz CT molecular complexity index is 324. The Morgan fingerprint density at radius 3 is 2.07 bits per heavy atom. The van der Waals surface area contributed by atoms with Crippen molar-refractivity contribution in [3.8, 4) is 0 Å². The number of urea groups is 1. The van der Waals surface area contributed by atoms with Crippen LogP contribution in [0.15, 0.2) is 0 Å². The van der Waals surface area contributed by atoms with E-state index in [9.17, 15) is 19.2 Å². The lowest BCUT2D eigenvalue weighted by molar-refractivity contribution is -0.146. The largest absolute Gasteiger partial charge is 0.480 e. The van der Waals surface area contributed by atoms with Crippen LogP contribution in [0.5, 0.6) is 0 Å². The van der Waals surface area contributed by atoms with Gasteiger partial charge < -0.3 is 5.11 Å². The summed E-state index contributed by atoms with van der Waals surface area (Å²) in [7, 11) is 0. The van der Waals surface area contributed by atoms with E-state index in [-0.39, 0.29) is 6.54 Å². The predicted octanol–water partition coefficient (Wildman–Crippen LogP) is -1.12. The summed E-state index contributed by atoms with van der Waals surface area (Å²) in [6.45, 7) is 0.798. The SMILES string of the molecule is CCN1C(=O)C(=O)N(CC(=O)O)C1=O. The zero-order valence-corrected chi connectivity index (χ0v) is 7.39. The fraction of sp³-hybridized carbons (Fsp3) is 0.429. The molecule has 7 nitrogen and oxygen atoms in total. The molecule has 1 rings (SSSR count). The summed E-state index contributed by atoms with van der Waals surface area (Å²) >= 11 is 0. The molecule has 0 atom stereocenters. The Balaban J connectivity index is 2.89. The van der Waals surface area contributed by atoms with Gasteiger partial charge in [-0.2, -0.15) is 0 Å². The van der Waals surface area contributed by atoms with Gasteiger partial charge in [-0.15, -0.1) is 0 Å². The Hall–Kier alpha value is -1.92. The summed E-state index contributed by atoms with van der Waals surface area (Å²) in [5.41, 5.74) is 0. The molecule has 14 heavy (non-hydrogen) atoms. The number of aliphatic carboxylic acids is 1. The number of rotatable bonds is 3. The first-order valence-electron chi connectivity index (χ1n) is 3.88. The molecule has 0 aromatic carbocycles. The molecule has 1 N–H and O–H groups in total. The van der Waals surface area contributed by atoms with Gasteiger partial charge in [0.05, 0.1) is 0 Å². The molecule has 1 fully saturated rings. The molecule has 1 heterocycles. The molecule has 7 heteroatoms. The van der Waals surface area contributed by atoms with E-state index in [1.807, 2.05) is 0 Å². The average molecular weight is 200 g/mol. The first-order chi connectivity index (χ1) is 6.49. The molecular formula is C7H8N2O5. The van der Waals surface area contributed by atoms with Gasteiger partial charge in [0.25, 0.3) is 0 Å². The van der Waals surface area contributed by atoms with Crippen molar-refractivity contribution in [1.29, 1.82) is 0 Å². The zero-order valence-electron chi connectivity index (χ0n) is 7.39. The fourth-order valence-corrected chi connectivity index (χ4v) is 1.10. The van der Waals surface area contributed by atoms with Crippen molar-refractivity contribution >= 4 is 23.8 Å². The molecule has 76 valence electrons. The van der Waals surface area contributed by atoms with Crippen LogP contribution in [0, 0.1) is 0 Å². The number of carbonyl (C=O) groups excluding carboxylic acids is 3. The molecule has 0 spiro atoms. The van der Waals surface area contributed by atoms with Crippen molar-refractivity contribution in [3.63, 3.8) is 0 Å². The normalized spacial score (nSPS) is 16.8. The van der Waals surface area contributed by atoms with Crippen LogP contribution in [0.2, 0.25) is 0 Å². The van der Waals surface area contributed by atoms with Gasteiger partial charge in [-0.25, -0.2) is 9.69 Å². The topological polar surface area (TPSA) is 95.0 Å². The molecule has 1 saturated heterocycles. The van der Waals surface area contributed by atoms with Gasteiger partial charge in [-0.3, -0.25) is 19.3 Å². The van der Waals surface area contributed by atoms with Crippen LogP contribution in [0.25, 0.3) is 0 Å². The number of likely N-dealkylation sites (N-methyl/N-ethyl adjacent to an activating group) is 1. The van der Waals surface area contributed by atoms with Crippen molar-refractivity contribution in [3.05, 3.63) is 0 Å². The molecule has 0 bridgehead atoms. The van der Waals surface area contributed by atoms with E-state index in [1.54, 1.807) is 0 Å². The second kappa shape index (κ2) is 3.44. The molecule has 0 aliphatic carbocycles. The van der Waals surface area contributed by atoms with E-state index in [0.29, 0.717) is 9.80 Å². The van der Waals surface area contributed by atoms with Crippen LogP contribution in [-0.4, -0.2) is 51.8 Å². The predicted molar refractivity (Wildman–Crippen MR) is 42.1 cm³/mol. The van der Waals surface area contributed by atoms with E-state index in [2.05, 4.69) is 0 Å². The van der Waals surface area contributed by atoms with Crippen molar-refractivity contribution in [1.82, 2.24) is 9.80 Å². The van der Waals surface area contributed by atoms with Gasteiger partial charge in [0, 0.05) is 6.54 Å². The number of amides is 4. The summed E-state index contributed by atoms with van der Waals surface area (Å²) in [5.74, 6) is -3.39. The monoisotopic (exact) mass is 200 g/mol. The number of nitrogens with zero attached hydrogens (tertiary/aromatic N) is 2. The highest BCUT2D eigenvalue weighted by Crippen LogP contribution is 2.10. The Morgan fingerprint density at radius 1 is 1.21 bits per heavy atom. The number of hydrogen-bond donors (Lipinski definition) is 1. The van der Waals surface area contributed by atoms with Crippen LogP contribution in [0.1, 0.15) is 6.92 Å². The second-order valence-corrected chi connectivity index (χ2v) is 2.62. The van der Waals surface area contributed by atoms with E-state index in [1.165, 1.54) is 6.92 Å². The van der Waals surface area contributed by atoms with Crippen molar-refractivity contribution < 1.29 is 24.3 Å². The summed E-state index contributed by atoms with van der Waals surface area (Å²) in [4.78, 5) is 44.8. The summed E-state index contributed by atoms with van der Waals surface area (Å²) in [6.07, 6.45) is 0. The van der Waals surface area contributed by atoms with Crippen LogP contribution in [0.3, 0.4) is 0 Å². The number of carboxylic acid groups (broad SMARTS) is 1. The smallest absolute Gasteiger partial charge is 0.334 e. The van der Waals surface area contributed by atoms with Crippen molar-refractivity contribution in [2.24, 2.45) is 0 Å². The number of hydrogen-bond acceptors (Lipinski definition) is 4. The van der Waals surface area contributed by atoms with Crippen molar-refractivity contribution in [2.75, 3.05) is 13.1 Å². The maximum atomic E-state index is 11.2. The van der Waals surface area contributed by atoms with E-state index < -0.39 is 30.4 Å². The Kier molecular flexibility index (Phi) is 2.50. The highest BCUT2D eigenvalue weighted by molar-refractivity contribution is 6.44. The summed E-state index contributed by atoms with van der Waals surface area (Å²) in [6, 6.07) is -0.870. The van der Waals surface area contributed by atoms with Crippen molar-refractivity contribution in [2.45, 2.75) is 6.92 Å². The highest BCUT2D eigenvalue weighted by Gasteiger charge is 2.44. The molecule has 0 aromatic heterocycles. The van der Waals surface area contributed by atoms with Gasteiger partial charge in [0.15, 0.2) is 0 Å². The maximum Gasteiger partial charge on any atom is 0.334 e. The van der Waals surface area contributed by atoms with Gasteiger partial charge >= 0.3 is 23.8 Å². The lowest BCUT2D eigenvalue weighted by Gasteiger charge is -2.11. The third kappa shape index (κ3) is 1.43. The van der Waals surface area contributed by atoms with Gasteiger partial charge in [-0.1, -0.05) is 0 Å². The minimum atomic E-state index is -1.34. The van der Waals surface area contributed by atoms with Crippen LogP contribution < -0.4 is 0 Å².